The number of aromatic hydroxyl groups is 1. The maximum absolute atomic E-state index is 12.0. The summed E-state index contributed by atoms with van der Waals surface area (Å²) in [6, 6.07) is 13.9. The molecule has 3 N–H and O–H groups in total. The number of hydrogen-bond donors (Lipinski definition) is 3. The molecule has 3 aromatic rings. The smallest absolute Gasteiger partial charge is 0.245 e. The normalized spacial score (nSPS) is 10.4. The fourth-order valence-corrected chi connectivity index (χ4v) is 2.87. The first-order valence-corrected chi connectivity index (χ1v) is 8.40. The summed E-state index contributed by atoms with van der Waals surface area (Å²) in [4.78, 5) is 16.4. The quantitative estimate of drug-likeness (QED) is 0.596. The molecule has 0 fully saturated rings. The number of hydrogen-bond acceptors (Lipinski definition) is 5. The van der Waals surface area contributed by atoms with Gasteiger partial charge in [0.25, 0.3) is 0 Å². The van der Waals surface area contributed by atoms with Crippen LogP contribution >= 0.6 is 22.9 Å². The standard InChI is InChI=1S/C17H14ClN3O2S/c18-12-3-1-11(2-4-12)15-10-24-17(20-15)21-16(23)9-19-13-5-7-14(22)8-6-13/h1-8,10,19,22H,9H2,(H,20,21,23). The van der Waals surface area contributed by atoms with Crippen molar-refractivity contribution in [3.05, 3.63) is 58.9 Å². The molecule has 0 spiro atoms. The molecule has 1 amide bonds. The van der Waals surface area contributed by atoms with Crippen molar-refractivity contribution in [1.82, 2.24) is 4.98 Å². The van der Waals surface area contributed by atoms with Gasteiger partial charge in [0.15, 0.2) is 5.13 Å². The molecule has 0 aliphatic heterocycles. The lowest BCUT2D eigenvalue weighted by Gasteiger charge is -2.06. The lowest BCUT2D eigenvalue weighted by Crippen LogP contribution is -2.21. The molecule has 122 valence electrons. The number of phenolic OH excluding ortho intramolecular Hbond substituents is 1. The van der Waals surface area contributed by atoms with Gasteiger partial charge in [0.2, 0.25) is 5.91 Å². The third-order valence-electron chi connectivity index (χ3n) is 3.21. The van der Waals surface area contributed by atoms with E-state index in [2.05, 4.69) is 15.6 Å². The van der Waals surface area contributed by atoms with E-state index < -0.39 is 0 Å². The Balaban J connectivity index is 1.57. The minimum atomic E-state index is -0.194. The zero-order valence-corrected chi connectivity index (χ0v) is 14.1. The predicted octanol–water partition coefficient (Wildman–Crippen LogP) is 4.22. The monoisotopic (exact) mass is 359 g/mol. The van der Waals surface area contributed by atoms with Crippen LogP contribution in [0.15, 0.2) is 53.9 Å². The van der Waals surface area contributed by atoms with Crippen LogP contribution in [0.2, 0.25) is 5.02 Å². The number of nitrogens with one attached hydrogen (secondary N) is 2. The second kappa shape index (κ2) is 7.33. The highest BCUT2D eigenvalue weighted by Crippen LogP contribution is 2.25. The molecule has 0 saturated heterocycles. The molecule has 0 aliphatic carbocycles. The van der Waals surface area contributed by atoms with Crippen molar-refractivity contribution < 1.29 is 9.90 Å². The first-order valence-electron chi connectivity index (χ1n) is 7.14. The molecule has 2 aromatic carbocycles. The molecule has 0 saturated carbocycles. The van der Waals surface area contributed by atoms with Crippen LogP contribution < -0.4 is 10.6 Å². The van der Waals surface area contributed by atoms with E-state index in [4.69, 9.17) is 11.6 Å². The van der Waals surface area contributed by atoms with Crippen LogP contribution in [-0.4, -0.2) is 22.5 Å². The maximum Gasteiger partial charge on any atom is 0.245 e. The lowest BCUT2D eigenvalue weighted by atomic mass is 10.2. The Morgan fingerprint density at radius 1 is 1.12 bits per heavy atom. The Kier molecular flexibility index (Phi) is 4.98. The van der Waals surface area contributed by atoms with Crippen LogP contribution in [0.4, 0.5) is 10.8 Å². The van der Waals surface area contributed by atoms with E-state index in [-0.39, 0.29) is 18.2 Å². The van der Waals surface area contributed by atoms with E-state index in [1.807, 2.05) is 17.5 Å². The molecule has 0 bridgehead atoms. The average molecular weight is 360 g/mol. The molecule has 3 rings (SSSR count). The van der Waals surface area contributed by atoms with Gasteiger partial charge in [0.1, 0.15) is 5.75 Å². The van der Waals surface area contributed by atoms with Gasteiger partial charge < -0.3 is 15.7 Å². The maximum atomic E-state index is 12.0. The first-order chi connectivity index (χ1) is 11.6. The second-order valence-corrected chi connectivity index (χ2v) is 6.29. The predicted molar refractivity (Wildman–Crippen MR) is 97.8 cm³/mol. The number of halogens is 1. The number of phenols is 1. The summed E-state index contributed by atoms with van der Waals surface area (Å²) in [7, 11) is 0. The number of benzene rings is 2. The van der Waals surface area contributed by atoms with Crippen LogP contribution in [0, 0.1) is 0 Å². The highest BCUT2D eigenvalue weighted by Gasteiger charge is 2.08. The van der Waals surface area contributed by atoms with E-state index in [0.717, 1.165) is 16.9 Å². The van der Waals surface area contributed by atoms with Gasteiger partial charge in [-0.2, -0.15) is 0 Å². The first kappa shape index (κ1) is 16.3. The van der Waals surface area contributed by atoms with Crippen molar-refractivity contribution in [2.45, 2.75) is 0 Å². The van der Waals surface area contributed by atoms with Crippen molar-refractivity contribution in [3.63, 3.8) is 0 Å². The number of amides is 1. The van der Waals surface area contributed by atoms with Gasteiger partial charge in [-0.15, -0.1) is 11.3 Å². The van der Waals surface area contributed by atoms with Crippen molar-refractivity contribution >= 4 is 39.7 Å². The summed E-state index contributed by atoms with van der Waals surface area (Å²) in [6.45, 7) is 0.112. The molecule has 7 heteroatoms. The van der Waals surface area contributed by atoms with Gasteiger partial charge >= 0.3 is 0 Å². The Morgan fingerprint density at radius 2 is 1.83 bits per heavy atom. The van der Waals surface area contributed by atoms with Gasteiger partial charge in [-0.3, -0.25) is 4.79 Å². The highest BCUT2D eigenvalue weighted by molar-refractivity contribution is 7.14. The van der Waals surface area contributed by atoms with Gasteiger partial charge in [0, 0.05) is 21.7 Å². The molecule has 0 radical (unpaired) electrons. The fourth-order valence-electron chi connectivity index (χ4n) is 2.01. The lowest BCUT2D eigenvalue weighted by molar-refractivity contribution is -0.114. The van der Waals surface area contributed by atoms with Crippen LogP contribution in [-0.2, 0) is 4.79 Å². The Hall–Kier alpha value is -2.57. The number of aromatic nitrogens is 1. The van der Waals surface area contributed by atoms with Crippen molar-refractivity contribution in [2.24, 2.45) is 0 Å². The molecule has 1 aromatic heterocycles. The largest absolute Gasteiger partial charge is 0.508 e. The van der Waals surface area contributed by atoms with E-state index in [9.17, 15) is 9.90 Å². The number of thiazole rings is 1. The summed E-state index contributed by atoms with van der Waals surface area (Å²) in [6.07, 6.45) is 0. The van der Waals surface area contributed by atoms with Crippen molar-refractivity contribution in [3.8, 4) is 17.0 Å². The molecule has 0 aliphatic rings. The van der Waals surface area contributed by atoms with Crippen molar-refractivity contribution in [2.75, 3.05) is 17.2 Å². The van der Waals surface area contributed by atoms with Crippen LogP contribution in [0.3, 0.4) is 0 Å². The topological polar surface area (TPSA) is 74.2 Å². The minimum Gasteiger partial charge on any atom is -0.508 e. The summed E-state index contributed by atoms with van der Waals surface area (Å²) >= 11 is 7.24. The number of nitrogens with zero attached hydrogens (tertiary/aromatic N) is 1. The fraction of sp³-hybridized carbons (Fsp3) is 0.0588. The van der Waals surface area contributed by atoms with E-state index in [1.54, 1.807) is 36.4 Å². The number of anilines is 2. The summed E-state index contributed by atoms with van der Waals surface area (Å²) in [5.41, 5.74) is 2.49. The SMILES string of the molecule is O=C(CNc1ccc(O)cc1)Nc1nc(-c2ccc(Cl)cc2)cs1. The Bertz CT molecular complexity index is 832. The average Bonchev–Trinajstić information content (AvgIpc) is 3.03. The van der Waals surface area contributed by atoms with Crippen LogP contribution in [0.5, 0.6) is 5.75 Å². The Morgan fingerprint density at radius 3 is 2.54 bits per heavy atom. The molecule has 24 heavy (non-hydrogen) atoms. The molecule has 1 heterocycles. The zero-order valence-electron chi connectivity index (χ0n) is 12.5. The van der Waals surface area contributed by atoms with Gasteiger partial charge in [-0.1, -0.05) is 23.7 Å². The molecular formula is C17H14ClN3O2S. The highest BCUT2D eigenvalue weighted by atomic mass is 35.5. The van der Waals surface area contributed by atoms with Crippen LogP contribution in [0.25, 0.3) is 11.3 Å². The van der Waals surface area contributed by atoms with Gasteiger partial charge in [0.05, 0.1) is 12.2 Å². The summed E-state index contributed by atoms with van der Waals surface area (Å²) in [5, 5.41) is 18.0. The van der Waals surface area contributed by atoms with Crippen LogP contribution in [0.1, 0.15) is 0 Å². The van der Waals surface area contributed by atoms with E-state index >= 15 is 0 Å². The van der Waals surface area contributed by atoms with E-state index in [1.165, 1.54) is 11.3 Å². The van der Waals surface area contributed by atoms with Gasteiger partial charge in [-0.05, 0) is 36.4 Å². The summed E-state index contributed by atoms with van der Waals surface area (Å²) < 4.78 is 0. The minimum absolute atomic E-state index is 0.112. The third-order valence-corrected chi connectivity index (χ3v) is 4.22. The molecule has 0 unspecified atom stereocenters. The number of carbonyl (C=O) groups is 1. The van der Waals surface area contributed by atoms with E-state index in [0.29, 0.717) is 10.2 Å². The molecule has 5 nitrogen and oxygen atoms in total. The molecule has 0 atom stereocenters. The Labute approximate surface area is 147 Å². The second-order valence-electron chi connectivity index (χ2n) is 4.99. The summed E-state index contributed by atoms with van der Waals surface area (Å²) in [5.74, 6) is -0.0115. The number of carbonyl (C=O) groups excluding carboxylic acids is 1. The van der Waals surface area contributed by atoms with Crippen molar-refractivity contribution in [1.29, 1.82) is 0 Å². The number of rotatable bonds is 5. The zero-order chi connectivity index (χ0) is 16.9. The third kappa shape index (κ3) is 4.24. The van der Waals surface area contributed by atoms with Gasteiger partial charge in [-0.25, -0.2) is 4.98 Å². The molecular weight excluding hydrogens is 346 g/mol.